The van der Waals surface area contributed by atoms with E-state index in [1.165, 1.54) is 11.3 Å². The van der Waals surface area contributed by atoms with Gasteiger partial charge < -0.3 is 19.2 Å². The molecule has 3 aromatic heterocycles. The second kappa shape index (κ2) is 7.21. The van der Waals surface area contributed by atoms with E-state index in [2.05, 4.69) is 14.9 Å². The number of amides is 1. The van der Waals surface area contributed by atoms with Gasteiger partial charge in [0, 0.05) is 55.9 Å². The van der Waals surface area contributed by atoms with Gasteiger partial charge in [-0.2, -0.15) is 4.98 Å². The summed E-state index contributed by atoms with van der Waals surface area (Å²) in [7, 11) is 0. The highest BCUT2D eigenvalue weighted by atomic mass is 32.1. The summed E-state index contributed by atoms with van der Waals surface area (Å²) in [5.41, 5.74) is 2.61. The minimum atomic E-state index is -0.804. The zero-order chi connectivity index (χ0) is 20.9. The molecule has 158 valence electrons. The van der Waals surface area contributed by atoms with E-state index in [4.69, 9.17) is 9.15 Å². The smallest absolute Gasteiger partial charge is 0.407 e. The van der Waals surface area contributed by atoms with E-state index < -0.39 is 6.09 Å². The molecule has 2 atom stereocenters. The van der Waals surface area contributed by atoms with Gasteiger partial charge in [0.25, 0.3) is 5.19 Å². The summed E-state index contributed by atoms with van der Waals surface area (Å²) >= 11 is 1.46. The highest BCUT2D eigenvalue weighted by Crippen LogP contribution is 2.35. The number of rotatable bonds is 4. The van der Waals surface area contributed by atoms with Gasteiger partial charge in [-0.1, -0.05) is 11.3 Å². The fourth-order valence-electron chi connectivity index (χ4n) is 4.76. The first kappa shape index (κ1) is 18.6. The molecule has 0 radical (unpaired) electrons. The summed E-state index contributed by atoms with van der Waals surface area (Å²) in [6, 6.07) is 9.71. The lowest BCUT2D eigenvalue weighted by molar-refractivity contribution is 0.148. The van der Waals surface area contributed by atoms with Crippen LogP contribution in [-0.2, 0) is 6.54 Å². The molecule has 5 heterocycles. The molecule has 2 aliphatic rings. The normalized spacial score (nSPS) is 21.2. The van der Waals surface area contributed by atoms with Crippen molar-refractivity contribution in [3.63, 3.8) is 0 Å². The highest BCUT2D eigenvalue weighted by molar-refractivity contribution is 7.20. The van der Waals surface area contributed by atoms with Crippen molar-refractivity contribution >= 4 is 38.7 Å². The summed E-state index contributed by atoms with van der Waals surface area (Å²) < 4.78 is 12.7. The molecule has 4 aromatic rings. The van der Waals surface area contributed by atoms with Crippen LogP contribution in [0, 0.1) is 11.8 Å². The third-order valence-corrected chi connectivity index (χ3v) is 7.09. The number of ether oxygens (including phenoxy) is 1. The molecule has 2 saturated heterocycles. The number of carbonyl (C=O) groups is 1. The predicted molar refractivity (Wildman–Crippen MR) is 116 cm³/mol. The second-order valence-electron chi connectivity index (χ2n) is 8.23. The summed E-state index contributed by atoms with van der Waals surface area (Å²) in [5, 5.41) is 10.8. The molecule has 1 amide bonds. The van der Waals surface area contributed by atoms with Gasteiger partial charge in [-0.25, -0.2) is 9.78 Å². The molecule has 2 aliphatic heterocycles. The van der Waals surface area contributed by atoms with Gasteiger partial charge in [0.05, 0.1) is 11.0 Å². The van der Waals surface area contributed by atoms with E-state index in [-0.39, 0.29) is 0 Å². The number of thiazole rings is 1. The molecule has 8 nitrogen and oxygen atoms in total. The Bertz CT molecular complexity index is 1240. The lowest BCUT2D eigenvalue weighted by Crippen LogP contribution is -2.31. The molecule has 0 bridgehead atoms. The van der Waals surface area contributed by atoms with E-state index >= 15 is 0 Å². The molecular weight excluding hydrogens is 416 g/mol. The third-order valence-electron chi connectivity index (χ3n) is 6.20. The van der Waals surface area contributed by atoms with Crippen molar-refractivity contribution in [1.29, 1.82) is 0 Å². The van der Waals surface area contributed by atoms with Crippen molar-refractivity contribution in [3.8, 4) is 10.9 Å². The van der Waals surface area contributed by atoms with Crippen LogP contribution in [0.5, 0.6) is 10.9 Å². The second-order valence-corrected chi connectivity index (χ2v) is 9.22. The maximum Gasteiger partial charge on any atom is 0.407 e. The number of aromatic nitrogens is 2. The van der Waals surface area contributed by atoms with E-state index in [9.17, 15) is 9.90 Å². The third kappa shape index (κ3) is 3.39. The van der Waals surface area contributed by atoms with E-state index in [0.29, 0.717) is 41.5 Å². The molecule has 6 rings (SSSR count). The zero-order valence-electron chi connectivity index (χ0n) is 16.6. The van der Waals surface area contributed by atoms with Crippen LogP contribution in [0.3, 0.4) is 0 Å². The molecule has 31 heavy (non-hydrogen) atoms. The first-order valence-electron chi connectivity index (χ1n) is 10.2. The number of hydrogen-bond acceptors (Lipinski definition) is 7. The average Bonchev–Trinajstić information content (AvgIpc) is 3.50. The summed E-state index contributed by atoms with van der Waals surface area (Å²) in [6.07, 6.45) is 2.73. The lowest BCUT2D eigenvalue weighted by Gasteiger charge is -2.19. The van der Waals surface area contributed by atoms with Crippen molar-refractivity contribution in [2.24, 2.45) is 11.8 Å². The largest absolute Gasteiger partial charge is 0.465 e. The van der Waals surface area contributed by atoms with Gasteiger partial charge >= 0.3 is 6.09 Å². The van der Waals surface area contributed by atoms with Crippen LogP contribution >= 0.6 is 11.3 Å². The maximum absolute atomic E-state index is 11.2. The van der Waals surface area contributed by atoms with E-state index in [1.54, 1.807) is 11.1 Å². The predicted octanol–water partition coefficient (Wildman–Crippen LogP) is 4.27. The number of hydrogen-bond donors (Lipinski definition) is 1. The number of carboxylic acid groups (broad SMARTS) is 1. The maximum atomic E-state index is 11.2. The Labute approximate surface area is 181 Å². The molecule has 1 aromatic carbocycles. The topological polar surface area (TPSA) is 91.9 Å². The highest BCUT2D eigenvalue weighted by Gasteiger charge is 2.41. The first-order valence-corrected chi connectivity index (χ1v) is 11.0. The molecule has 0 spiro atoms. The molecule has 0 saturated carbocycles. The SMILES string of the molecule is O=C(O)N1CC2CN(Cc3coc4cc(Oc5nc6ncccc6s5)ccc34)CC2C1. The Morgan fingerprint density at radius 1 is 1.23 bits per heavy atom. The Hall–Kier alpha value is -3.17. The van der Waals surface area contributed by atoms with Gasteiger partial charge in [0.1, 0.15) is 11.3 Å². The van der Waals surface area contributed by atoms with Gasteiger partial charge in [0.2, 0.25) is 0 Å². The minimum Gasteiger partial charge on any atom is -0.465 e. The van der Waals surface area contributed by atoms with Crippen LogP contribution in [-0.4, -0.2) is 57.1 Å². The van der Waals surface area contributed by atoms with Crippen LogP contribution in [0.4, 0.5) is 4.79 Å². The van der Waals surface area contributed by atoms with Gasteiger partial charge in [-0.3, -0.25) is 4.90 Å². The minimum absolute atomic E-state index is 0.428. The van der Waals surface area contributed by atoms with Gasteiger partial charge in [-0.15, -0.1) is 0 Å². The Balaban J connectivity index is 1.16. The fraction of sp³-hybridized carbons (Fsp3) is 0.318. The van der Waals surface area contributed by atoms with Crippen molar-refractivity contribution in [2.45, 2.75) is 6.54 Å². The standard InChI is InChI=1S/C22H20N4O4S/c27-22(28)26-10-13-7-25(8-14(13)11-26)9-15-12-29-18-6-16(3-4-17(15)18)30-21-24-20-19(31-21)2-1-5-23-20/h1-6,12-14H,7-11H2,(H,27,28). The van der Waals surface area contributed by atoms with Crippen molar-refractivity contribution in [3.05, 3.63) is 48.4 Å². The van der Waals surface area contributed by atoms with Crippen molar-refractivity contribution in [1.82, 2.24) is 19.8 Å². The quantitative estimate of drug-likeness (QED) is 0.511. The molecule has 1 N–H and O–H groups in total. The number of likely N-dealkylation sites (tertiary alicyclic amines) is 2. The molecular formula is C22H20N4O4S. The first-order chi connectivity index (χ1) is 15.1. The molecule has 0 aliphatic carbocycles. The monoisotopic (exact) mass is 436 g/mol. The number of fused-ring (bicyclic) bond motifs is 3. The van der Waals surface area contributed by atoms with E-state index in [1.807, 2.05) is 36.6 Å². The molecule has 2 unspecified atom stereocenters. The Kier molecular flexibility index (Phi) is 4.32. The van der Waals surface area contributed by atoms with Gasteiger partial charge in [0.15, 0.2) is 5.65 Å². The molecule has 2 fully saturated rings. The summed E-state index contributed by atoms with van der Waals surface area (Å²) in [5.74, 6) is 1.53. The molecule has 9 heteroatoms. The average molecular weight is 436 g/mol. The van der Waals surface area contributed by atoms with Gasteiger partial charge in [-0.05, 0) is 36.1 Å². The number of benzene rings is 1. The Morgan fingerprint density at radius 3 is 2.84 bits per heavy atom. The van der Waals surface area contributed by atoms with Crippen LogP contribution in [0.15, 0.2) is 47.2 Å². The van der Waals surface area contributed by atoms with E-state index in [0.717, 1.165) is 40.9 Å². The summed E-state index contributed by atoms with van der Waals surface area (Å²) in [4.78, 5) is 23.8. The number of nitrogens with zero attached hydrogens (tertiary/aromatic N) is 4. The van der Waals surface area contributed by atoms with Crippen molar-refractivity contribution < 1.29 is 19.1 Å². The van der Waals surface area contributed by atoms with Crippen LogP contribution < -0.4 is 4.74 Å². The summed E-state index contributed by atoms with van der Waals surface area (Å²) in [6.45, 7) is 3.94. The number of pyridine rings is 1. The number of furan rings is 1. The van der Waals surface area contributed by atoms with Crippen molar-refractivity contribution in [2.75, 3.05) is 26.2 Å². The zero-order valence-corrected chi connectivity index (χ0v) is 17.4. The van der Waals surface area contributed by atoms with Crippen LogP contribution in [0.25, 0.3) is 21.3 Å². The van der Waals surface area contributed by atoms with Crippen LogP contribution in [0.2, 0.25) is 0 Å². The Morgan fingerprint density at radius 2 is 2.06 bits per heavy atom. The lowest BCUT2D eigenvalue weighted by atomic mass is 10.0. The fourth-order valence-corrected chi connectivity index (χ4v) is 5.55. The van der Waals surface area contributed by atoms with Crippen LogP contribution in [0.1, 0.15) is 5.56 Å².